The van der Waals surface area contributed by atoms with E-state index in [2.05, 4.69) is 38.9 Å². The Hall–Kier alpha value is -1.04. The van der Waals surface area contributed by atoms with Crippen LogP contribution in [0.3, 0.4) is 0 Å². The molecule has 1 aromatic rings. The van der Waals surface area contributed by atoms with E-state index in [0.29, 0.717) is 12.1 Å². The van der Waals surface area contributed by atoms with Crippen molar-refractivity contribution >= 4 is 0 Å². The van der Waals surface area contributed by atoms with Gasteiger partial charge in [0.15, 0.2) is 0 Å². The Morgan fingerprint density at radius 2 is 1.89 bits per heavy atom. The Kier molecular flexibility index (Phi) is 3.77. The third kappa shape index (κ3) is 2.94. The van der Waals surface area contributed by atoms with Crippen molar-refractivity contribution in [2.24, 2.45) is 0 Å². The van der Waals surface area contributed by atoms with Crippen molar-refractivity contribution in [3.63, 3.8) is 0 Å². The normalized spacial score (nSPS) is 29.9. The predicted octanol–water partition coefficient (Wildman–Crippen LogP) is 0.647. The van der Waals surface area contributed by atoms with E-state index in [9.17, 15) is 0 Å². The molecule has 3 fully saturated rings. The summed E-state index contributed by atoms with van der Waals surface area (Å²) in [6.07, 6.45) is 3.94. The van der Waals surface area contributed by atoms with Crippen LogP contribution in [-0.2, 0) is 6.54 Å². The van der Waals surface area contributed by atoms with Gasteiger partial charge in [0.1, 0.15) is 5.82 Å². The molecule has 0 aliphatic carbocycles. The summed E-state index contributed by atoms with van der Waals surface area (Å²) >= 11 is 0. The number of fused-ring (bicyclic) bond motifs is 3. The monoisotopic (exact) mass is 261 g/mol. The van der Waals surface area contributed by atoms with E-state index in [1.165, 1.54) is 13.1 Å². The minimum atomic E-state index is 0.398. The van der Waals surface area contributed by atoms with Crippen molar-refractivity contribution in [2.75, 3.05) is 32.7 Å². The molecular weight excluding hydrogens is 238 g/mol. The highest BCUT2D eigenvalue weighted by molar-refractivity contribution is 5.09. The summed E-state index contributed by atoms with van der Waals surface area (Å²) in [4.78, 5) is 14.2. The Bertz CT molecular complexity index is 408. The van der Waals surface area contributed by atoms with Gasteiger partial charge in [0.25, 0.3) is 0 Å². The van der Waals surface area contributed by atoms with Gasteiger partial charge in [-0.3, -0.25) is 9.80 Å². The van der Waals surface area contributed by atoms with Gasteiger partial charge >= 0.3 is 0 Å². The van der Waals surface area contributed by atoms with Crippen LogP contribution in [-0.4, -0.2) is 58.5 Å². The first-order valence-corrected chi connectivity index (χ1v) is 7.23. The molecule has 0 spiro atoms. The number of rotatable bonds is 4. The van der Waals surface area contributed by atoms with Crippen molar-refractivity contribution in [3.05, 3.63) is 23.8 Å². The number of piperazine rings is 3. The Morgan fingerprint density at radius 3 is 2.42 bits per heavy atom. The maximum absolute atomic E-state index is 4.58. The summed E-state index contributed by atoms with van der Waals surface area (Å²) in [6, 6.07) is 0.891. The average Bonchev–Trinajstić information content (AvgIpc) is 2.47. The van der Waals surface area contributed by atoms with Crippen LogP contribution >= 0.6 is 0 Å². The van der Waals surface area contributed by atoms with E-state index in [-0.39, 0.29) is 0 Å². The van der Waals surface area contributed by atoms with E-state index >= 15 is 0 Å². The zero-order valence-electron chi connectivity index (χ0n) is 11.8. The molecule has 104 valence electrons. The molecule has 4 heterocycles. The van der Waals surface area contributed by atoms with Crippen LogP contribution in [0.25, 0.3) is 0 Å². The van der Waals surface area contributed by atoms with Crippen LogP contribution < -0.4 is 5.32 Å². The predicted molar refractivity (Wildman–Crippen MR) is 74.8 cm³/mol. The fourth-order valence-corrected chi connectivity index (χ4v) is 2.81. The van der Waals surface area contributed by atoms with Crippen LogP contribution in [0.15, 0.2) is 12.4 Å². The number of aromatic nitrogens is 2. The second kappa shape index (κ2) is 5.53. The molecule has 2 bridgehead atoms. The van der Waals surface area contributed by atoms with E-state index in [1.54, 1.807) is 0 Å². The van der Waals surface area contributed by atoms with Crippen molar-refractivity contribution in [2.45, 2.75) is 32.5 Å². The molecule has 1 N–H and O–H groups in total. The molecule has 0 aromatic carbocycles. The first kappa shape index (κ1) is 13.0. The first-order valence-electron chi connectivity index (χ1n) is 7.23. The molecule has 3 saturated heterocycles. The molecule has 5 heteroatoms. The first-order chi connectivity index (χ1) is 9.22. The van der Waals surface area contributed by atoms with Crippen LogP contribution in [0.4, 0.5) is 0 Å². The fourth-order valence-electron chi connectivity index (χ4n) is 2.81. The third-order valence-corrected chi connectivity index (χ3v) is 4.02. The van der Waals surface area contributed by atoms with Gasteiger partial charge in [-0.1, -0.05) is 13.8 Å². The maximum atomic E-state index is 4.58. The van der Waals surface area contributed by atoms with Gasteiger partial charge in [-0.15, -0.1) is 0 Å². The van der Waals surface area contributed by atoms with Gasteiger partial charge in [0, 0.05) is 63.3 Å². The van der Waals surface area contributed by atoms with Crippen molar-refractivity contribution in [1.82, 2.24) is 25.1 Å². The van der Waals surface area contributed by atoms with E-state index in [0.717, 1.165) is 37.6 Å². The highest BCUT2D eigenvalue weighted by Crippen LogP contribution is 2.26. The zero-order valence-corrected chi connectivity index (χ0v) is 11.8. The lowest BCUT2D eigenvalue weighted by atomic mass is 10.1. The summed E-state index contributed by atoms with van der Waals surface area (Å²) < 4.78 is 0. The third-order valence-electron chi connectivity index (χ3n) is 4.02. The summed E-state index contributed by atoms with van der Waals surface area (Å²) in [5.74, 6) is 0.984. The SMILES string of the molecule is CC(C)NCc1cnc(C2CN3CCN2CC3)nc1. The van der Waals surface area contributed by atoms with Crippen molar-refractivity contribution in [3.8, 4) is 0 Å². The summed E-state index contributed by atoms with van der Waals surface area (Å²) in [5, 5.41) is 3.39. The van der Waals surface area contributed by atoms with Crippen LogP contribution in [0.5, 0.6) is 0 Å². The number of nitrogens with one attached hydrogen (secondary N) is 1. The molecule has 0 saturated carbocycles. The molecule has 1 unspecified atom stereocenters. The van der Waals surface area contributed by atoms with Gasteiger partial charge in [-0.2, -0.15) is 0 Å². The highest BCUT2D eigenvalue weighted by atomic mass is 15.4. The van der Waals surface area contributed by atoms with Crippen LogP contribution in [0.1, 0.15) is 31.3 Å². The van der Waals surface area contributed by atoms with Crippen LogP contribution in [0.2, 0.25) is 0 Å². The molecular formula is C14H23N5. The minimum absolute atomic E-state index is 0.398. The lowest BCUT2D eigenvalue weighted by molar-refractivity contribution is 0.00862. The van der Waals surface area contributed by atoms with Gasteiger partial charge in [-0.05, 0) is 0 Å². The molecule has 0 amide bonds. The Labute approximate surface area is 115 Å². The largest absolute Gasteiger partial charge is 0.310 e. The minimum Gasteiger partial charge on any atom is -0.310 e. The van der Waals surface area contributed by atoms with Crippen molar-refractivity contribution < 1.29 is 0 Å². The second-order valence-corrected chi connectivity index (χ2v) is 5.84. The molecule has 0 radical (unpaired) electrons. The molecule has 3 aliphatic rings. The maximum Gasteiger partial charge on any atom is 0.146 e. The topological polar surface area (TPSA) is 44.3 Å². The zero-order chi connectivity index (χ0) is 13.2. The summed E-state index contributed by atoms with van der Waals surface area (Å²) in [5.41, 5.74) is 1.16. The van der Waals surface area contributed by atoms with Crippen molar-refractivity contribution in [1.29, 1.82) is 0 Å². The van der Waals surface area contributed by atoms with E-state index < -0.39 is 0 Å². The van der Waals surface area contributed by atoms with E-state index in [1.807, 2.05) is 12.4 Å². The summed E-state index contributed by atoms with van der Waals surface area (Å²) in [7, 11) is 0. The Balaban J connectivity index is 1.65. The number of hydrogen-bond acceptors (Lipinski definition) is 5. The molecule has 19 heavy (non-hydrogen) atoms. The summed E-state index contributed by atoms with van der Waals surface area (Å²) in [6.45, 7) is 10.9. The van der Waals surface area contributed by atoms with Gasteiger partial charge < -0.3 is 5.32 Å². The highest BCUT2D eigenvalue weighted by Gasteiger charge is 2.34. The lowest BCUT2D eigenvalue weighted by Crippen LogP contribution is -2.57. The standard InChI is InChI=1S/C14H23N5/c1-11(2)15-7-12-8-16-14(17-9-12)13-10-18-3-5-19(13)6-4-18/h8-9,11,13,15H,3-7,10H2,1-2H3. The number of hydrogen-bond donors (Lipinski definition) is 1. The second-order valence-electron chi connectivity index (χ2n) is 5.84. The van der Waals surface area contributed by atoms with E-state index in [4.69, 9.17) is 0 Å². The van der Waals surface area contributed by atoms with Gasteiger partial charge in [-0.25, -0.2) is 9.97 Å². The van der Waals surface area contributed by atoms with Crippen LogP contribution in [0, 0.1) is 0 Å². The molecule has 1 atom stereocenters. The molecule has 3 aliphatic heterocycles. The van der Waals surface area contributed by atoms with Gasteiger partial charge in [0.05, 0.1) is 6.04 Å². The Morgan fingerprint density at radius 1 is 1.21 bits per heavy atom. The van der Waals surface area contributed by atoms with Gasteiger partial charge in [0.2, 0.25) is 0 Å². The molecule has 5 nitrogen and oxygen atoms in total. The quantitative estimate of drug-likeness (QED) is 0.862. The number of nitrogens with zero attached hydrogens (tertiary/aromatic N) is 4. The average molecular weight is 261 g/mol. The molecule has 1 aromatic heterocycles. The fraction of sp³-hybridized carbons (Fsp3) is 0.714. The smallest absolute Gasteiger partial charge is 0.146 e. The lowest BCUT2D eigenvalue weighted by Gasteiger charge is -2.46. The molecule has 4 rings (SSSR count).